The first-order valence-corrected chi connectivity index (χ1v) is 6.82. The Kier molecular flexibility index (Phi) is 3.05. The number of esters is 1. The average molecular weight is 268 g/mol. The lowest BCUT2D eigenvalue weighted by Crippen LogP contribution is -2.00. The molecule has 0 saturated heterocycles. The van der Waals surface area contributed by atoms with Crippen LogP contribution in [0.5, 0.6) is 0 Å². The molecule has 0 aliphatic carbocycles. The van der Waals surface area contributed by atoms with Crippen molar-refractivity contribution in [1.29, 1.82) is 0 Å². The van der Waals surface area contributed by atoms with Gasteiger partial charge in [-0.3, -0.25) is 0 Å². The maximum atomic E-state index is 11.6. The number of carbonyl (C=O) groups excluding carboxylic acids is 1. The number of fused-ring (bicyclic) bond motifs is 1. The number of hydrogen-bond acceptors (Lipinski definition) is 3. The lowest BCUT2D eigenvalue weighted by molar-refractivity contribution is 0.0601. The van der Waals surface area contributed by atoms with Crippen LogP contribution in [-0.2, 0) is 4.74 Å². The second kappa shape index (κ2) is 4.86. The molecule has 0 amide bonds. The van der Waals surface area contributed by atoms with Crippen molar-refractivity contribution >= 4 is 27.4 Å². The van der Waals surface area contributed by atoms with Crippen LogP contribution in [0, 0.1) is 0 Å². The van der Waals surface area contributed by atoms with Crippen LogP contribution in [0.3, 0.4) is 0 Å². The van der Waals surface area contributed by atoms with E-state index in [2.05, 4.69) is 17.5 Å². The molecule has 0 fully saturated rings. The molecule has 0 spiro atoms. The highest BCUT2D eigenvalue weighted by Gasteiger charge is 2.09. The first-order valence-electron chi connectivity index (χ1n) is 5.94. The number of thiophene rings is 1. The van der Waals surface area contributed by atoms with Crippen LogP contribution in [0.1, 0.15) is 10.4 Å². The fourth-order valence-electron chi connectivity index (χ4n) is 2.13. The third kappa shape index (κ3) is 2.13. The van der Waals surface area contributed by atoms with Gasteiger partial charge in [0.2, 0.25) is 0 Å². The highest BCUT2D eigenvalue weighted by atomic mass is 32.1. The third-order valence-electron chi connectivity index (χ3n) is 3.08. The van der Waals surface area contributed by atoms with E-state index in [0.29, 0.717) is 5.56 Å². The molecule has 0 bridgehead atoms. The van der Waals surface area contributed by atoms with E-state index in [1.807, 2.05) is 30.3 Å². The molecular weight excluding hydrogens is 256 g/mol. The van der Waals surface area contributed by atoms with Gasteiger partial charge in [-0.2, -0.15) is 0 Å². The topological polar surface area (TPSA) is 26.3 Å². The predicted molar refractivity (Wildman–Crippen MR) is 78.6 cm³/mol. The molecule has 3 aromatic rings. The summed E-state index contributed by atoms with van der Waals surface area (Å²) in [5.74, 6) is -0.304. The van der Waals surface area contributed by atoms with Crippen molar-refractivity contribution in [3.63, 3.8) is 0 Å². The van der Waals surface area contributed by atoms with Crippen molar-refractivity contribution < 1.29 is 9.53 Å². The molecule has 94 valence electrons. The lowest BCUT2D eigenvalue weighted by atomic mass is 10.0. The molecule has 0 atom stereocenters. The zero-order valence-corrected chi connectivity index (χ0v) is 11.2. The smallest absolute Gasteiger partial charge is 0.337 e. The second-order valence-electron chi connectivity index (χ2n) is 4.22. The fourth-order valence-corrected chi connectivity index (χ4v) is 3.10. The van der Waals surface area contributed by atoms with E-state index >= 15 is 0 Å². The minimum absolute atomic E-state index is 0.304. The van der Waals surface area contributed by atoms with Gasteiger partial charge in [-0.15, -0.1) is 11.3 Å². The van der Waals surface area contributed by atoms with Gasteiger partial charge in [-0.25, -0.2) is 4.79 Å². The Morgan fingerprint density at radius 1 is 1.11 bits per heavy atom. The first-order chi connectivity index (χ1) is 9.29. The standard InChI is InChI=1S/C16H12O2S/c1-18-16(17)12-6-4-5-11(9-12)14-10-19-15-8-3-2-7-13(14)15/h2-10H,1H3. The Labute approximate surface area is 115 Å². The predicted octanol–water partition coefficient (Wildman–Crippen LogP) is 4.35. The Morgan fingerprint density at radius 3 is 2.79 bits per heavy atom. The van der Waals surface area contributed by atoms with E-state index in [1.54, 1.807) is 17.4 Å². The van der Waals surface area contributed by atoms with Crippen molar-refractivity contribution in [2.45, 2.75) is 0 Å². The summed E-state index contributed by atoms with van der Waals surface area (Å²) in [5, 5.41) is 3.34. The molecule has 0 radical (unpaired) electrons. The summed E-state index contributed by atoms with van der Waals surface area (Å²) < 4.78 is 6.01. The molecule has 0 unspecified atom stereocenters. The maximum Gasteiger partial charge on any atom is 0.337 e. The van der Waals surface area contributed by atoms with Crippen molar-refractivity contribution in [2.75, 3.05) is 7.11 Å². The van der Waals surface area contributed by atoms with E-state index in [0.717, 1.165) is 11.1 Å². The molecule has 3 heteroatoms. The second-order valence-corrected chi connectivity index (χ2v) is 5.13. The van der Waals surface area contributed by atoms with Crippen molar-refractivity contribution in [3.8, 4) is 11.1 Å². The third-order valence-corrected chi connectivity index (χ3v) is 4.04. The van der Waals surface area contributed by atoms with E-state index in [-0.39, 0.29) is 5.97 Å². The quantitative estimate of drug-likeness (QED) is 0.646. The number of ether oxygens (including phenoxy) is 1. The van der Waals surface area contributed by atoms with E-state index in [4.69, 9.17) is 4.74 Å². The van der Waals surface area contributed by atoms with Crippen LogP contribution >= 0.6 is 11.3 Å². The Morgan fingerprint density at radius 2 is 1.95 bits per heavy atom. The molecule has 0 aliphatic heterocycles. The number of methoxy groups -OCH3 is 1. The maximum absolute atomic E-state index is 11.6. The van der Waals surface area contributed by atoms with Crippen LogP contribution in [0.15, 0.2) is 53.9 Å². The molecule has 0 N–H and O–H groups in total. The van der Waals surface area contributed by atoms with E-state index < -0.39 is 0 Å². The minimum atomic E-state index is -0.304. The van der Waals surface area contributed by atoms with Gasteiger partial charge < -0.3 is 4.74 Å². The summed E-state index contributed by atoms with van der Waals surface area (Å²) in [5.41, 5.74) is 2.78. The molecule has 0 aliphatic rings. The zero-order valence-electron chi connectivity index (χ0n) is 10.4. The summed E-state index contributed by atoms with van der Waals surface area (Å²) in [4.78, 5) is 11.6. The van der Waals surface area contributed by atoms with Gasteiger partial charge in [0.05, 0.1) is 12.7 Å². The van der Waals surface area contributed by atoms with Gasteiger partial charge in [0.1, 0.15) is 0 Å². The molecule has 1 heterocycles. The van der Waals surface area contributed by atoms with Gasteiger partial charge in [-0.05, 0) is 29.1 Å². The summed E-state index contributed by atoms with van der Waals surface area (Å²) in [6, 6.07) is 15.8. The number of carbonyl (C=O) groups is 1. The van der Waals surface area contributed by atoms with Crippen molar-refractivity contribution in [3.05, 3.63) is 59.5 Å². The molecule has 0 saturated carbocycles. The summed E-state index contributed by atoms with van der Waals surface area (Å²) in [6.45, 7) is 0. The summed E-state index contributed by atoms with van der Waals surface area (Å²) >= 11 is 1.71. The SMILES string of the molecule is COC(=O)c1cccc(-c2csc3ccccc23)c1. The monoisotopic (exact) mass is 268 g/mol. The van der Waals surface area contributed by atoms with Gasteiger partial charge >= 0.3 is 5.97 Å². The van der Waals surface area contributed by atoms with Crippen LogP contribution in [-0.4, -0.2) is 13.1 Å². The minimum Gasteiger partial charge on any atom is -0.465 e. The fraction of sp³-hybridized carbons (Fsp3) is 0.0625. The number of hydrogen-bond donors (Lipinski definition) is 0. The number of rotatable bonds is 2. The zero-order chi connectivity index (χ0) is 13.2. The molecule has 3 rings (SSSR count). The van der Waals surface area contributed by atoms with Crippen LogP contribution in [0.4, 0.5) is 0 Å². The van der Waals surface area contributed by atoms with Gasteiger partial charge in [0.15, 0.2) is 0 Å². The van der Waals surface area contributed by atoms with E-state index in [9.17, 15) is 4.79 Å². The van der Waals surface area contributed by atoms with Gasteiger partial charge in [0.25, 0.3) is 0 Å². The average Bonchev–Trinajstić information content (AvgIpc) is 2.90. The van der Waals surface area contributed by atoms with Crippen LogP contribution in [0.2, 0.25) is 0 Å². The number of benzene rings is 2. The van der Waals surface area contributed by atoms with Crippen molar-refractivity contribution in [2.24, 2.45) is 0 Å². The first kappa shape index (κ1) is 11.9. The molecular formula is C16H12O2S. The van der Waals surface area contributed by atoms with Gasteiger partial charge in [-0.1, -0.05) is 30.3 Å². The van der Waals surface area contributed by atoms with Crippen LogP contribution in [0.25, 0.3) is 21.2 Å². The van der Waals surface area contributed by atoms with Gasteiger partial charge in [0, 0.05) is 15.6 Å². The molecule has 2 nitrogen and oxygen atoms in total. The Bertz CT molecular complexity index is 743. The molecule has 19 heavy (non-hydrogen) atoms. The van der Waals surface area contributed by atoms with Crippen LogP contribution < -0.4 is 0 Å². The normalized spacial score (nSPS) is 10.6. The molecule has 2 aromatic carbocycles. The largest absolute Gasteiger partial charge is 0.465 e. The van der Waals surface area contributed by atoms with Crippen molar-refractivity contribution in [1.82, 2.24) is 0 Å². The summed E-state index contributed by atoms with van der Waals surface area (Å²) in [6.07, 6.45) is 0. The Hall–Kier alpha value is -2.13. The highest BCUT2D eigenvalue weighted by molar-refractivity contribution is 7.17. The highest BCUT2D eigenvalue weighted by Crippen LogP contribution is 2.34. The Balaban J connectivity index is 2.14. The molecule has 1 aromatic heterocycles. The lowest BCUT2D eigenvalue weighted by Gasteiger charge is -2.03. The summed E-state index contributed by atoms with van der Waals surface area (Å²) in [7, 11) is 1.40. The van der Waals surface area contributed by atoms with E-state index in [1.165, 1.54) is 17.2 Å².